The molecular formula is C22H42O2Si3. The normalized spacial score (nSPS) is 34.0. The molecule has 4 fully saturated rings. The van der Waals surface area contributed by atoms with Crippen LogP contribution >= 0.6 is 0 Å². The molecule has 154 valence electrons. The lowest BCUT2D eigenvalue weighted by Crippen LogP contribution is -2.84. The zero-order valence-electron chi connectivity index (χ0n) is 19.3. The van der Waals surface area contributed by atoms with Gasteiger partial charge < -0.3 is 9.59 Å². The molecule has 5 heteroatoms. The third-order valence-electron chi connectivity index (χ3n) is 8.13. The molecule has 0 radical (unpaired) electrons. The Kier molecular flexibility index (Phi) is 5.02. The Morgan fingerprint density at radius 2 is 1.07 bits per heavy atom. The molecule has 0 spiro atoms. The second-order valence-electron chi connectivity index (χ2n) is 13.4. The van der Waals surface area contributed by atoms with Crippen LogP contribution in [0.15, 0.2) is 0 Å². The summed E-state index contributed by atoms with van der Waals surface area (Å²) < 4.78 is 0. The van der Waals surface area contributed by atoms with Crippen LogP contribution in [0.5, 0.6) is 0 Å². The van der Waals surface area contributed by atoms with E-state index in [0.717, 1.165) is 37.0 Å². The van der Waals surface area contributed by atoms with E-state index in [1.54, 1.807) is 0 Å². The summed E-state index contributed by atoms with van der Waals surface area (Å²) in [6.07, 6.45) is 7.40. The summed E-state index contributed by atoms with van der Waals surface area (Å²) in [7, 11) is -6.64. The summed E-state index contributed by atoms with van der Waals surface area (Å²) in [4.78, 5) is 29.0. The van der Waals surface area contributed by atoms with Crippen molar-refractivity contribution in [2.75, 3.05) is 0 Å². The van der Waals surface area contributed by atoms with E-state index in [2.05, 4.69) is 60.1 Å². The van der Waals surface area contributed by atoms with E-state index in [-0.39, 0.29) is 5.41 Å². The first-order valence-corrected chi connectivity index (χ1v) is 22.1. The zero-order valence-corrected chi connectivity index (χ0v) is 22.3. The molecule has 0 aromatic heterocycles. The Balaban J connectivity index is 2.19. The Bertz CT molecular complexity index is 597. The summed E-state index contributed by atoms with van der Waals surface area (Å²) in [5.74, 6) is 2.29. The highest BCUT2D eigenvalue weighted by Gasteiger charge is 2.71. The van der Waals surface area contributed by atoms with E-state index >= 15 is 0 Å². The minimum absolute atomic E-state index is 0.123. The molecule has 0 unspecified atom stereocenters. The molecule has 27 heavy (non-hydrogen) atoms. The first-order chi connectivity index (χ1) is 12.0. The van der Waals surface area contributed by atoms with Crippen LogP contribution in [0.3, 0.4) is 0 Å². The third kappa shape index (κ3) is 3.14. The van der Waals surface area contributed by atoms with Gasteiger partial charge >= 0.3 is 0 Å². The summed E-state index contributed by atoms with van der Waals surface area (Å²) in [5.41, 5.74) is -0.521. The largest absolute Gasteiger partial charge is 0.305 e. The molecule has 4 aliphatic rings. The van der Waals surface area contributed by atoms with Crippen molar-refractivity contribution in [3.05, 3.63) is 0 Å². The van der Waals surface area contributed by atoms with Gasteiger partial charge in [-0.3, -0.25) is 0 Å². The molecular weight excluding hydrogens is 380 g/mol. The molecule has 0 aromatic rings. The predicted molar refractivity (Wildman–Crippen MR) is 123 cm³/mol. The van der Waals surface area contributed by atoms with Gasteiger partial charge in [0.05, 0.1) is 15.2 Å². The number of carbonyl (C=O) groups is 2. The lowest BCUT2D eigenvalue weighted by Gasteiger charge is -2.60. The molecule has 4 saturated carbocycles. The summed E-state index contributed by atoms with van der Waals surface area (Å²) in [5, 5.41) is 0.974. The van der Waals surface area contributed by atoms with Crippen molar-refractivity contribution in [2.24, 2.45) is 28.6 Å². The van der Waals surface area contributed by atoms with E-state index in [9.17, 15) is 9.59 Å². The summed E-state index contributed by atoms with van der Waals surface area (Å²) >= 11 is 0. The molecule has 4 bridgehead atoms. The van der Waals surface area contributed by atoms with E-state index in [1.807, 2.05) is 0 Å². The van der Waals surface area contributed by atoms with Crippen LogP contribution in [0, 0.1) is 28.6 Å². The molecule has 0 aromatic carbocycles. The topological polar surface area (TPSA) is 34.1 Å². The van der Waals surface area contributed by atoms with Crippen molar-refractivity contribution in [1.82, 2.24) is 0 Å². The van der Waals surface area contributed by atoms with E-state index in [0.29, 0.717) is 10.8 Å². The Morgan fingerprint density at radius 3 is 1.33 bits per heavy atom. The minimum atomic E-state index is -2.73. The molecule has 4 aliphatic carbocycles. The van der Waals surface area contributed by atoms with Crippen LogP contribution in [-0.4, -0.2) is 33.1 Å². The van der Waals surface area contributed by atoms with Crippen molar-refractivity contribution in [3.8, 4) is 0 Å². The van der Waals surface area contributed by atoms with Gasteiger partial charge in [0.15, 0.2) is 7.11 Å². The molecule has 2 nitrogen and oxygen atoms in total. The fourth-order valence-electron chi connectivity index (χ4n) is 7.94. The average molecular weight is 423 g/mol. The van der Waals surface area contributed by atoms with E-state index in [1.165, 1.54) is 19.3 Å². The van der Waals surface area contributed by atoms with Crippen molar-refractivity contribution >= 4 is 33.1 Å². The van der Waals surface area contributed by atoms with E-state index < -0.39 is 27.7 Å². The predicted octanol–water partition coefficient (Wildman–Crippen LogP) is 5.75. The van der Waals surface area contributed by atoms with Crippen molar-refractivity contribution < 1.29 is 9.59 Å². The van der Waals surface area contributed by atoms with Crippen LogP contribution in [0.25, 0.3) is 0 Å². The van der Waals surface area contributed by atoms with Crippen LogP contribution in [0.1, 0.15) is 59.3 Å². The first kappa shape index (κ1) is 21.7. The summed E-state index contributed by atoms with van der Waals surface area (Å²) in [6, 6.07) is 0. The maximum Gasteiger partial charge on any atom is 0.191 e. The molecule has 0 aliphatic heterocycles. The number of hydrogen-bond acceptors (Lipinski definition) is 2. The molecule has 4 rings (SSSR count). The SMILES string of the molecule is CC(C)(C)C(=O)[Si](C(=O)C12CC3CC(CC(C3)C1)C2)([Si](C)(C)C)[Si](C)(C)C. The molecule has 0 saturated heterocycles. The fraction of sp³-hybridized carbons (Fsp3) is 0.909. The Labute approximate surface area is 169 Å². The number of rotatable bonds is 5. The monoisotopic (exact) mass is 422 g/mol. The van der Waals surface area contributed by atoms with Gasteiger partial charge in [0.2, 0.25) is 0 Å². The number of carbonyl (C=O) groups excluding carboxylic acids is 2. The quantitative estimate of drug-likeness (QED) is 0.529. The smallest absolute Gasteiger partial charge is 0.191 e. The van der Waals surface area contributed by atoms with E-state index in [4.69, 9.17) is 0 Å². The van der Waals surface area contributed by atoms with Crippen molar-refractivity contribution in [1.29, 1.82) is 0 Å². The van der Waals surface area contributed by atoms with Crippen LogP contribution in [0.4, 0.5) is 0 Å². The van der Waals surface area contributed by atoms with Crippen LogP contribution in [0.2, 0.25) is 39.3 Å². The second-order valence-corrected chi connectivity index (χ2v) is 39.8. The first-order valence-electron chi connectivity index (χ1n) is 11.1. The summed E-state index contributed by atoms with van der Waals surface area (Å²) in [6.45, 7) is 20.4. The maximum atomic E-state index is 14.8. The lowest BCUT2D eigenvalue weighted by molar-refractivity contribution is -0.136. The van der Waals surface area contributed by atoms with Gasteiger partial charge in [-0.05, 0) is 56.3 Å². The minimum Gasteiger partial charge on any atom is -0.305 e. The maximum absolute atomic E-state index is 14.8. The average Bonchev–Trinajstić information content (AvgIpc) is 2.41. The Morgan fingerprint density at radius 1 is 0.741 bits per heavy atom. The van der Waals surface area contributed by atoms with Gasteiger partial charge in [-0.1, -0.05) is 60.1 Å². The second kappa shape index (κ2) is 6.24. The van der Waals surface area contributed by atoms with Crippen molar-refractivity contribution in [3.63, 3.8) is 0 Å². The van der Waals surface area contributed by atoms with Gasteiger partial charge in [0.25, 0.3) is 0 Å². The van der Waals surface area contributed by atoms with Gasteiger partial charge in [-0.15, -0.1) is 0 Å². The van der Waals surface area contributed by atoms with Crippen LogP contribution in [-0.2, 0) is 9.59 Å². The zero-order chi connectivity index (χ0) is 20.6. The molecule has 0 atom stereocenters. The van der Waals surface area contributed by atoms with Gasteiger partial charge in [-0.25, -0.2) is 0 Å². The van der Waals surface area contributed by atoms with Crippen LogP contribution < -0.4 is 0 Å². The highest BCUT2D eigenvalue weighted by Crippen LogP contribution is 2.62. The standard InChI is InChI=1S/C22H42O2Si3/c1-21(2,3)19(23)27(25(4,5)6,26(7,8)9)20(24)22-13-16-10-17(14-22)12-18(11-16)15-22/h16-18H,10-15H2,1-9H3. The third-order valence-corrected chi connectivity index (χ3v) is 45.0. The fourth-order valence-corrected chi connectivity index (χ4v) is 54.4. The highest BCUT2D eigenvalue weighted by molar-refractivity contribution is 7.86. The highest BCUT2D eigenvalue weighted by atomic mass is 29.6. The van der Waals surface area contributed by atoms with Gasteiger partial charge in [-0.2, -0.15) is 0 Å². The Hall–Kier alpha value is -0.00935. The molecule has 0 heterocycles. The lowest BCUT2D eigenvalue weighted by atomic mass is 9.50. The van der Waals surface area contributed by atoms with Gasteiger partial charge in [0, 0.05) is 10.8 Å². The number of hydrogen-bond donors (Lipinski definition) is 0. The van der Waals surface area contributed by atoms with Gasteiger partial charge in [0.1, 0.15) is 10.8 Å². The molecule has 0 amide bonds. The molecule has 0 N–H and O–H groups in total. The van der Waals surface area contributed by atoms with Crippen molar-refractivity contribution in [2.45, 2.75) is 98.6 Å².